The number of aryl methyl sites for hydroxylation is 2. The first-order valence-corrected chi connectivity index (χ1v) is 13.5. The number of piperidine rings is 1. The molecule has 4 aromatic rings. The predicted molar refractivity (Wildman–Crippen MR) is 155 cm³/mol. The van der Waals surface area contributed by atoms with Crippen molar-refractivity contribution in [1.29, 1.82) is 0 Å². The zero-order chi connectivity index (χ0) is 26.8. The van der Waals surface area contributed by atoms with Gasteiger partial charge in [0, 0.05) is 63.1 Å². The van der Waals surface area contributed by atoms with E-state index in [0.717, 1.165) is 61.6 Å². The fraction of sp³-hybridized carbons (Fsp3) is 0.387. The van der Waals surface area contributed by atoms with Crippen LogP contribution in [0.2, 0.25) is 0 Å². The molecule has 0 aliphatic carbocycles. The number of fused-ring (bicyclic) bond motifs is 1. The Morgan fingerprint density at radius 2 is 1.79 bits per heavy atom. The Bertz CT molecular complexity index is 1430. The number of benzene rings is 1. The molecule has 4 heterocycles. The molecule has 1 aliphatic rings. The second-order valence-corrected chi connectivity index (χ2v) is 10.5. The zero-order valence-corrected chi connectivity index (χ0v) is 23.2. The number of carbonyl (C=O) groups excluding carboxylic acids is 1. The largest absolute Gasteiger partial charge is 0.373 e. The summed E-state index contributed by atoms with van der Waals surface area (Å²) in [5, 5.41) is 4.33. The third-order valence-corrected chi connectivity index (χ3v) is 7.89. The number of hydrogen-bond acceptors (Lipinski definition) is 5. The van der Waals surface area contributed by atoms with Crippen LogP contribution in [-0.2, 0) is 20.0 Å². The second-order valence-electron chi connectivity index (χ2n) is 10.5. The van der Waals surface area contributed by atoms with E-state index in [1.165, 1.54) is 27.8 Å². The molecule has 0 radical (unpaired) electrons. The highest BCUT2D eigenvalue weighted by atomic mass is 16.2. The molecule has 0 spiro atoms. The molecule has 1 fully saturated rings. The van der Waals surface area contributed by atoms with Crippen LogP contribution in [0.3, 0.4) is 0 Å². The Labute approximate surface area is 225 Å². The van der Waals surface area contributed by atoms with Crippen LogP contribution in [0.25, 0.3) is 22.2 Å². The fourth-order valence-electron chi connectivity index (χ4n) is 5.62. The van der Waals surface area contributed by atoms with E-state index in [1.807, 2.05) is 31.4 Å². The molecule has 0 bridgehead atoms. The third-order valence-electron chi connectivity index (χ3n) is 7.89. The summed E-state index contributed by atoms with van der Waals surface area (Å²) in [5.41, 5.74) is 7.84. The van der Waals surface area contributed by atoms with E-state index in [0.29, 0.717) is 5.92 Å². The summed E-state index contributed by atoms with van der Waals surface area (Å²) in [5.74, 6) is 1.48. The lowest BCUT2D eigenvalue weighted by atomic mass is 9.89. The van der Waals surface area contributed by atoms with Crippen LogP contribution in [0.5, 0.6) is 0 Å². The van der Waals surface area contributed by atoms with Gasteiger partial charge >= 0.3 is 0 Å². The summed E-state index contributed by atoms with van der Waals surface area (Å²) in [6, 6.07) is 16.9. The van der Waals surface area contributed by atoms with Gasteiger partial charge in [0.2, 0.25) is 0 Å². The summed E-state index contributed by atoms with van der Waals surface area (Å²) in [6.07, 6.45) is 5.03. The van der Waals surface area contributed by atoms with Crippen molar-refractivity contribution < 1.29 is 4.79 Å². The summed E-state index contributed by atoms with van der Waals surface area (Å²) >= 11 is 0. The van der Waals surface area contributed by atoms with Crippen LogP contribution in [0.4, 0.5) is 5.82 Å². The molecular formula is C31H38N6O. The van der Waals surface area contributed by atoms with Crippen LogP contribution in [0, 0.1) is 0 Å². The van der Waals surface area contributed by atoms with Gasteiger partial charge in [0.1, 0.15) is 11.5 Å². The molecule has 5 rings (SSSR count). The number of anilines is 1. The fourth-order valence-corrected chi connectivity index (χ4v) is 5.62. The maximum Gasteiger partial charge on any atom is 0.253 e. The first-order valence-electron chi connectivity index (χ1n) is 13.5. The van der Waals surface area contributed by atoms with Crippen molar-refractivity contribution in [3.05, 3.63) is 77.2 Å². The maximum atomic E-state index is 12.2. The molecule has 7 nitrogen and oxygen atoms in total. The van der Waals surface area contributed by atoms with Gasteiger partial charge in [0.05, 0.1) is 5.69 Å². The van der Waals surface area contributed by atoms with Gasteiger partial charge in [-0.25, -0.2) is 9.97 Å². The molecule has 0 saturated carbocycles. The van der Waals surface area contributed by atoms with Crippen molar-refractivity contribution in [3.8, 4) is 11.1 Å². The average molecular weight is 511 g/mol. The third kappa shape index (κ3) is 5.03. The number of pyridine rings is 2. The standard InChI is InChI=1S/C31H38N6O/c1-6-28-26(11-12-29(32-2)34-28)25-13-16-33-30-27(25)19-24(36(30)5)20-37-17-14-22(15-18-37)21-7-9-23(10-8-21)31(38)35(3)4/h7-13,16,19,22H,6,14-15,17-18,20H2,1-5H3,(H,32,34). The Hall–Kier alpha value is -3.71. The van der Waals surface area contributed by atoms with Gasteiger partial charge in [0.15, 0.2) is 0 Å². The minimum atomic E-state index is 0.0520. The van der Waals surface area contributed by atoms with E-state index in [-0.39, 0.29) is 5.91 Å². The lowest BCUT2D eigenvalue weighted by molar-refractivity contribution is 0.0827. The van der Waals surface area contributed by atoms with Crippen LogP contribution >= 0.6 is 0 Å². The molecule has 1 aromatic carbocycles. The molecule has 198 valence electrons. The molecule has 1 N–H and O–H groups in total. The molecule has 38 heavy (non-hydrogen) atoms. The molecule has 0 atom stereocenters. The zero-order valence-electron chi connectivity index (χ0n) is 23.2. The smallest absolute Gasteiger partial charge is 0.253 e. The van der Waals surface area contributed by atoms with Gasteiger partial charge in [-0.1, -0.05) is 19.1 Å². The Morgan fingerprint density at radius 3 is 2.45 bits per heavy atom. The van der Waals surface area contributed by atoms with E-state index in [9.17, 15) is 4.79 Å². The molecule has 1 aliphatic heterocycles. The molecular weight excluding hydrogens is 472 g/mol. The lowest BCUT2D eigenvalue weighted by Crippen LogP contribution is -2.33. The Morgan fingerprint density at radius 1 is 1.05 bits per heavy atom. The lowest BCUT2D eigenvalue weighted by Gasteiger charge is -2.32. The van der Waals surface area contributed by atoms with Crippen LogP contribution in [0.15, 0.2) is 54.7 Å². The molecule has 0 unspecified atom stereocenters. The maximum absolute atomic E-state index is 12.2. The van der Waals surface area contributed by atoms with Crippen LogP contribution in [0.1, 0.15) is 53.0 Å². The number of carbonyl (C=O) groups is 1. The minimum Gasteiger partial charge on any atom is -0.373 e. The van der Waals surface area contributed by atoms with Gasteiger partial charge in [-0.15, -0.1) is 0 Å². The summed E-state index contributed by atoms with van der Waals surface area (Å²) < 4.78 is 2.24. The first kappa shape index (κ1) is 25.9. The predicted octanol–water partition coefficient (Wildman–Crippen LogP) is 5.32. The topological polar surface area (TPSA) is 66.3 Å². The van der Waals surface area contributed by atoms with Crippen molar-refractivity contribution in [1.82, 2.24) is 24.3 Å². The second kappa shape index (κ2) is 11.0. The number of hydrogen-bond donors (Lipinski definition) is 1. The normalized spacial score (nSPS) is 14.7. The van der Waals surface area contributed by atoms with Crippen LogP contribution in [-0.4, -0.2) is 64.5 Å². The first-order chi connectivity index (χ1) is 18.4. The Balaban J connectivity index is 1.31. The van der Waals surface area contributed by atoms with Gasteiger partial charge in [0.25, 0.3) is 5.91 Å². The highest BCUT2D eigenvalue weighted by molar-refractivity contribution is 5.95. The highest BCUT2D eigenvalue weighted by Crippen LogP contribution is 2.34. The minimum absolute atomic E-state index is 0.0520. The Kier molecular flexibility index (Phi) is 7.47. The van der Waals surface area contributed by atoms with Crippen molar-refractivity contribution >= 4 is 22.8 Å². The van der Waals surface area contributed by atoms with Gasteiger partial charge in [-0.3, -0.25) is 9.69 Å². The number of nitrogens with zero attached hydrogens (tertiary/aromatic N) is 5. The number of nitrogens with one attached hydrogen (secondary N) is 1. The van der Waals surface area contributed by atoms with E-state index in [4.69, 9.17) is 9.97 Å². The van der Waals surface area contributed by atoms with E-state index in [1.54, 1.807) is 19.0 Å². The van der Waals surface area contributed by atoms with Gasteiger partial charge in [-0.2, -0.15) is 0 Å². The number of aromatic nitrogens is 3. The van der Waals surface area contributed by atoms with Crippen molar-refractivity contribution in [2.45, 2.75) is 38.6 Å². The molecule has 7 heteroatoms. The monoisotopic (exact) mass is 510 g/mol. The quantitative estimate of drug-likeness (QED) is 0.365. The number of amides is 1. The van der Waals surface area contributed by atoms with Crippen molar-refractivity contribution in [2.24, 2.45) is 7.05 Å². The highest BCUT2D eigenvalue weighted by Gasteiger charge is 2.23. The van der Waals surface area contributed by atoms with E-state index in [2.05, 4.69) is 59.1 Å². The van der Waals surface area contributed by atoms with Gasteiger partial charge < -0.3 is 14.8 Å². The SMILES string of the molecule is CCc1nc(NC)ccc1-c1ccnc2c1cc(CN1CCC(c3ccc(C(=O)N(C)C)cc3)CC1)n2C. The summed E-state index contributed by atoms with van der Waals surface area (Å²) in [4.78, 5) is 25.9. The van der Waals surface area contributed by atoms with E-state index >= 15 is 0 Å². The average Bonchev–Trinajstić information content (AvgIpc) is 3.27. The van der Waals surface area contributed by atoms with Gasteiger partial charge in [-0.05, 0) is 85.8 Å². The molecule has 1 saturated heterocycles. The van der Waals surface area contributed by atoms with E-state index < -0.39 is 0 Å². The number of rotatable bonds is 7. The summed E-state index contributed by atoms with van der Waals surface area (Å²) in [7, 11) is 7.61. The number of likely N-dealkylation sites (tertiary alicyclic amines) is 1. The van der Waals surface area contributed by atoms with Crippen molar-refractivity contribution in [3.63, 3.8) is 0 Å². The summed E-state index contributed by atoms with van der Waals surface area (Å²) in [6.45, 7) is 5.18. The molecule has 3 aromatic heterocycles. The molecule has 1 amide bonds. The van der Waals surface area contributed by atoms with Crippen LogP contribution < -0.4 is 5.32 Å². The van der Waals surface area contributed by atoms with Crippen molar-refractivity contribution in [2.75, 3.05) is 39.5 Å².